The molecular weight excluding hydrogens is 260 g/mol. The number of anilines is 2. The number of nitrogens with two attached hydrogens (primary N) is 1. The van der Waals surface area contributed by atoms with Gasteiger partial charge in [-0.2, -0.15) is 11.8 Å². The number of carboxylic acids is 1. The van der Waals surface area contributed by atoms with E-state index in [1.165, 1.54) is 0 Å². The fourth-order valence-electron chi connectivity index (χ4n) is 1.86. The molecule has 0 heterocycles. The predicted octanol–water partition coefficient (Wildman–Crippen LogP) is 2.69. The topological polar surface area (TPSA) is 66.6 Å². The third-order valence-corrected chi connectivity index (χ3v) is 3.78. The van der Waals surface area contributed by atoms with Gasteiger partial charge in [-0.1, -0.05) is 19.1 Å². The van der Waals surface area contributed by atoms with Crippen LogP contribution in [0.25, 0.3) is 0 Å². The number of nitrogens with zero attached hydrogens (tertiary/aromatic N) is 1. The molecule has 19 heavy (non-hydrogen) atoms. The summed E-state index contributed by atoms with van der Waals surface area (Å²) >= 11 is 1.90. The lowest BCUT2D eigenvalue weighted by atomic mass is 10.2. The summed E-state index contributed by atoms with van der Waals surface area (Å²) in [6, 6.07) is 7.62. The number of hydrogen-bond acceptors (Lipinski definition) is 4. The SMILES string of the molecule is CCSCCCN(CCC(=O)O)c1ccccc1N. The van der Waals surface area contributed by atoms with Gasteiger partial charge in [-0.15, -0.1) is 0 Å². The summed E-state index contributed by atoms with van der Waals surface area (Å²) in [5, 5.41) is 8.83. The highest BCUT2D eigenvalue weighted by Gasteiger charge is 2.10. The van der Waals surface area contributed by atoms with Crippen molar-refractivity contribution >= 4 is 29.1 Å². The van der Waals surface area contributed by atoms with Crippen molar-refractivity contribution in [3.05, 3.63) is 24.3 Å². The van der Waals surface area contributed by atoms with E-state index in [-0.39, 0.29) is 6.42 Å². The number of hydrogen-bond donors (Lipinski definition) is 2. The van der Waals surface area contributed by atoms with Crippen molar-refractivity contribution in [3.8, 4) is 0 Å². The Morgan fingerprint density at radius 3 is 2.74 bits per heavy atom. The molecule has 0 radical (unpaired) electrons. The summed E-state index contributed by atoms with van der Waals surface area (Å²) in [5.74, 6) is 1.43. The highest BCUT2D eigenvalue weighted by atomic mass is 32.2. The van der Waals surface area contributed by atoms with Gasteiger partial charge in [-0.25, -0.2) is 0 Å². The van der Waals surface area contributed by atoms with Gasteiger partial charge in [0, 0.05) is 13.1 Å². The molecule has 4 nitrogen and oxygen atoms in total. The number of benzene rings is 1. The molecule has 0 aromatic heterocycles. The number of para-hydroxylation sites is 2. The van der Waals surface area contributed by atoms with Gasteiger partial charge in [0.15, 0.2) is 0 Å². The Balaban J connectivity index is 2.63. The first kappa shape index (κ1) is 15.7. The van der Waals surface area contributed by atoms with Gasteiger partial charge < -0.3 is 15.7 Å². The van der Waals surface area contributed by atoms with Gasteiger partial charge in [0.1, 0.15) is 0 Å². The van der Waals surface area contributed by atoms with E-state index in [1.54, 1.807) is 0 Å². The van der Waals surface area contributed by atoms with E-state index in [9.17, 15) is 4.79 Å². The van der Waals surface area contributed by atoms with Crippen molar-refractivity contribution in [2.24, 2.45) is 0 Å². The molecule has 1 rings (SSSR count). The standard InChI is InChI=1S/C14H22N2O2S/c1-2-19-11-5-9-16(10-8-14(17)18)13-7-4-3-6-12(13)15/h3-4,6-7H,2,5,8-11,15H2,1H3,(H,17,18). The van der Waals surface area contributed by atoms with Crippen molar-refractivity contribution in [2.45, 2.75) is 19.8 Å². The maximum absolute atomic E-state index is 10.7. The van der Waals surface area contributed by atoms with E-state index in [2.05, 4.69) is 11.8 Å². The predicted molar refractivity (Wildman–Crippen MR) is 82.9 cm³/mol. The Bertz CT molecular complexity index is 399. The normalized spacial score (nSPS) is 10.4. The molecule has 0 atom stereocenters. The van der Waals surface area contributed by atoms with E-state index >= 15 is 0 Å². The number of nitrogen functional groups attached to an aromatic ring is 1. The fraction of sp³-hybridized carbons (Fsp3) is 0.500. The second-order valence-corrected chi connectivity index (χ2v) is 5.63. The average Bonchev–Trinajstić information content (AvgIpc) is 2.39. The van der Waals surface area contributed by atoms with E-state index in [0.717, 1.165) is 30.2 Å². The third kappa shape index (κ3) is 5.87. The van der Waals surface area contributed by atoms with Crippen molar-refractivity contribution in [2.75, 3.05) is 35.2 Å². The Morgan fingerprint density at radius 1 is 1.37 bits per heavy atom. The molecule has 3 N–H and O–H groups in total. The van der Waals surface area contributed by atoms with Gasteiger partial charge in [0.25, 0.3) is 0 Å². The minimum atomic E-state index is -0.776. The summed E-state index contributed by atoms with van der Waals surface area (Å²) in [7, 11) is 0. The van der Waals surface area contributed by atoms with Crippen LogP contribution in [-0.4, -0.2) is 35.7 Å². The molecule has 5 heteroatoms. The summed E-state index contributed by atoms with van der Waals surface area (Å²) in [6.45, 7) is 3.48. The molecule has 0 aliphatic rings. The first-order chi connectivity index (χ1) is 9.15. The zero-order chi connectivity index (χ0) is 14.1. The zero-order valence-electron chi connectivity index (χ0n) is 11.3. The minimum absolute atomic E-state index is 0.134. The highest BCUT2D eigenvalue weighted by molar-refractivity contribution is 7.99. The minimum Gasteiger partial charge on any atom is -0.481 e. The number of carboxylic acid groups (broad SMARTS) is 1. The van der Waals surface area contributed by atoms with Crippen LogP contribution in [-0.2, 0) is 4.79 Å². The summed E-state index contributed by atoms with van der Waals surface area (Å²) in [6.07, 6.45) is 1.17. The lowest BCUT2D eigenvalue weighted by molar-refractivity contribution is -0.136. The maximum Gasteiger partial charge on any atom is 0.305 e. The molecular formula is C14H22N2O2S. The molecule has 0 spiro atoms. The first-order valence-electron chi connectivity index (χ1n) is 6.54. The summed E-state index contributed by atoms with van der Waals surface area (Å²) in [4.78, 5) is 12.8. The Labute approximate surface area is 119 Å². The number of rotatable bonds is 9. The third-order valence-electron chi connectivity index (χ3n) is 2.79. The molecule has 0 unspecified atom stereocenters. The van der Waals surface area contributed by atoms with Crippen molar-refractivity contribution in [1.82, 2.24) is 0 Å². The van der Waals surface area contributed by atoms with Crippen molar-refractivity contribution in [3.63, 3.8) is 0 Å². The lowest BCUT2D eigenvalue weighted by Crippen LogP contribution is -2.28. The molecule has 0 amide bonds. The molecule has 0 aliphatic heterocycles. The molecule has 106 valence electrons. The second kappa shape index (κ2) is 8.69. The van der Waals surface area contributed by atoms with Crippen LogP contribution in [0, 0.1) is 0 Å². The van der Waals surface area contributed by atoms with Gasteiger partial charge in [-0.3, -0.25) is 4.79 Å². The van der Waals surface area contributed by atoms with Crippen LogP contribution in [0.3, 0.4) is 0 Å². The largest absolute Gasteiger partial charge is 0.481 e. The smallest absolute Gasteiger partial charge is 0.305 e. The molecule has 0 saturated heterocycles. The van der Waals surface area contributed by atoms with Gasteiger partial charge in [0.2, 0.25) is 0 Å². The second-order valence-electron chi connectivity index (χ2n) is 4.24. The lowest BCUT2D eigenvalue weighted by Gasteiger charge is -2.25. The molecule has 1 aromatic carbocycles. The molecule has 1 aromatic rings. The molecule has 0 bridgehead atoms. The van der Waals surface area contributed by atoms with Gasteiger partial charge in [0.05, 0.1) is 17.8 Å². The summed E-state index contributed by atoms with van der Waals surface area (Å²) < 4.78 is 0. The van der Waals surface area contributed by atoms with Crippen LogP contribution in [0.2, 0.25) is 0 Å². The van der Waals surface area contributed by atoms with Crippen LogP contribution in [0.5, 0.6) is 0 Å². The monoisotopic (exact) mass is 282 g/mol. The summed E-state index contributed by atoms with van der Waals surface area (Å²) in [5.41, 5.74) is 7.60. The maximum atomic E-state index is 10.7. The van der Waals surface area contributed by atoms with Gasteiger partial charge in [-0.05, 0) is 30.1 Å². The molecule has 0 fully saturated rings. The number of aliphatic carboxylic acids is 1. The van der Waals surface area contributed by atoms with Crippen LogP contribution in [0.15, 0.2) is 24.3 Å². The quantitative estimate of drug-likeness (QED) is 0.538. The van der Waals surface area contributed by atoms with Crippen LogP contribution >= 0.6 is 11.8 Å². The number of thioether (sulfide) groups is 1. The Hall–Kier alpha value is -1.36. The first-order valence-corrected chi connectivity index (χ1v) is 7.69. The van der Waals surface area contributed by atoms with Gasteiger partial charge >= 0.3 is 5.97 Å². The van der Waals surface area contributed by atoms with Crippen molar-refractivity contribution in [1.29, 1.82) is 0 Å². The zero-order valence-corrected chi connectivity index (χ0v) is 12.2. The Kier molecular flexibility index (Phi) is 7.18. The van der Waals surface area contributed by atoms with E-state index in [1.807, 2.05) is 36.0 Å². The van der Waals surface area contributed by atoms with Crippen LogP contribution in [0.4, 0.5) is 11.4 Å². The van der Waals surface area contributed by atoms with E-state index < -0.39 is 5.97 Å². The highest BCUT2D eigenvalue weighted by Crippen LogP contribution is 2.23. The van der Waals surface area contributed by atoms with Crippen molar-refractivity contribution < 1.29 is 9.90 Å². The van der Waals surface area contributed by atoms with E-state index in [4.69, 9.17) is 10.8 Å². The molecule has 0 aliphatic carbocycles. The van der Waals surface area contributed by atoms with Crippen LogP contribution in [0.1, 0.15) is 19.8 Å². The average molecular weight is 282 g/mol. The fourth-order valence-corrected chi connectivity index (χ4v) is 2.48. The molecule has 0 saturated carbocycles. The Morgan fingerprint density at radius 2 is 2.11 bits per heavy atom. The van der Waals surface area contributed by atoms with E-state index in [0.29, 0.717) is 12.2 Å². The van der Waals surface area contributed by atoms with Crippen LogP contribution < -0.4 is 10.6 Å². The number of carbonyl (C=O) groups is 1.